The molecule has 0 bridgehead atoms. The average Bonchev–Trinajstić information content (AvgIpc) is 2.27. The van der Waals surface area contributed by atoms with Gasteiger partial charge >= 0.3 is 0 Å². The first-order chi connectivity index (χ1) is 8.40. The van der Waals surface area contributed by atoms with Crippen LogP contribution in [-0.4, -0.2) is 12.6 Å². The molecule has 1 aromatic rings. The van der Waals surface area contributed by atoms with E-state index in [1.165, 1.54) is 5.56 Å². The summed E-state index contributed by atoms with van der Waals surface area (Å²) in [7, 11) is 0. The molecule has 0 amide bonds. The van der Waals surface area contributed by atoms with E-state index in [4.69, 9.17) is 10.5 Å². The van der Waals surface area contributed by atoms with Crippen molar-refractivity contribution in [3.8, 4) is 5.75 Å². The summed E-state index contributed by atoms with van der Waals surface area (Å²) >= 11 is 0. The second kappa shape index (κ2) is 6.79. The lowest BCUT2D eigenvalue weighted by molar-refractivity contribution is 0.243. The maximum Gasteiger partial charge on any atom is 0.119 e. The Morgan fingerprint density at radius 1 is 1.28 bits per heavy atom. The Kier molecular flexibility index (Phi) is 5.67. The molecule has 0 aliphatic carbocycles. The van der Waals surface area contributed by atoms with E-state index in [0.717, 1.165) is 31.6 Å². The average molecular weight is 249 g/mol. The third-order valence-electron chi connectivity index (χ3n) is 3.04. The van der Waals surface area contributed by atoms with Crippen molar-refractivity contribution < 1.29 is 4.74 Å². The fraction of sp³-hybridized carbons (Fsp3) is 0.625. The molecule has 102 valence electrons. The van der Waals surface area contributed by atoms with Crippen LogP contribution in [0.2, 0.25) is 0 Å². The van der Waals surface area contributed by atoms with Crippen LogP contribution in [0.1, 0.15) is 46.1 Å². The van der Waals surface area contributed by atoms with E-state index in [-0.39, 0.29) is 6.04 Å². The van der Waals surface area contributed by atoms with Gasteiger partial charge in [-0.25, -0.2) is 0 Å². The fourth-order valence-corrected chi connectivity index (χ4v) is 1.68. The molecule has 0 heterocycles. The molecule has 0 aromatic heterocycles. The van der Waals surface area contributed by atoms with E-state index in [0.29, 0.717) is 5.41 Å². The molecule has 18 heavy (non-hydrogen) atoms. The third kappa shape index (κ3) is 6.06. The summed E-state index contributed by atoms with van der Waals surface area (Å²) in [6, 6.07) is 8.53. The van der Waals surface area contributed by atoms with Gasteiger partial charge in [0, 0.05) is 6.04 Å². The molecule has 0 saturated carbocycles. The van der Waals surface area contributed by atoms with Gasteiger partial charge in [0.1, 0.15) is 5.75 Å². The van der Waals surface area contributed by atoms with Crippen molar-refractivity contribution in [2.75, 3.05) is 6.61 Å². The van der Waals surface area contributed by atoms with Gasteiger partial charge in [0.15, 0.2) is 0 Å². The predicted molar refractivity (Wildman–Crippen MR) is 78.0 cm³/mol. The van der Waals surface area contributed by atoms with Crippen LogP contribution in [0, 0.1) is 5.41 Å². The van der Waals surface area contributed by atoms with E-state index in [9.17, 15) is 0 Å². The first-order valence-electron chi connectivity index (χ1n) is 6.88. The molecule has 1 rings (SSSR count). The lowest BCUT2D eigenvalue weighted by Crippen LogP contribution is -2.21. The second-order valence-electron chi connectivity index (χ2n) is 6.18. The fourth-order valence-electron chi connectivity index (χ4n) is 1.68. The van der Waals surface area contributed by atoms with Gasteiger partial charge in [-0.3, -0.25) is 0 Å². The van der Waals surface area contributed by atoms with Crippen LogP contribution in [0.15, 0.2) is 24.3 Å². The van der Waals surface area contributed by atoms with E-state index in [1.54, 1.807) is 0 Å². The van der Waals surface area contributed by atoms with Crippen molar-refractivity contribution in [2.45, 2.75) is 53.0 Å². The van der Waals surface area contributed by atoms with Gasteiger partial charge in [-0.1, -0.05) is 39.8 Å². The van der Waals surface area contributed by atoms with Gasteiger partial charge in [0.2, 0.25) is 0 Å². The second-order valence-corrected chi connectivity index (χ2v) is 6.18. The zero-order valence-corrected chi connectivity index (χ0v) is 12.2. The Morgan fingerprint density at radius 2 is 2.00 bits per heavy atom. The monoisotopic (exact) mass is 249 g/mol. The zero-order valence-electron chi connectivity index (χ0n) is 12.2. The number of hydrogen-bond donors (Lipinski definition) is 1. The summed E-state index contributed by atoms with van der Waals surface area (Å²) in [5.41, 5.74) is 7.55. The molecule has 1 aromatic carbocycles. The molecule has 2 nitrogen and oxygen atoms in total. The van der Waals surface area contributed by atoms with Crippen LogP contribution in [0.25, 0.3) is 0 Å². The predicted octanol–water partition coefficient (Wildman–Crippen LogP) is 3.78. The van der Waals surface area contributed by atoms with Gasteiger partial charge < -0.3 is 10.5 Å². The summed E-state index contributed by atoms with van der Waals surface area (Å²) in [5, 5.41) is 0. The molecule has 0 spiro atoms. The number of rotatable bonds is 6. The smallest absolute Gasteiger partial charge is 0.119 e. The highest BCUT2D eigenvalue weighted by molar-refractivity contribution is 5.29. The molecule has 2 heteroatoms. The van der Waals surface area contributed by atoms with E-state index >= 15 is 0 Å². The third-order valence-corrected chi connectivity index (χ3v) is 3.04. The van der Waals surface area contributed by atoms with Crippen LogP contribution in [0.3, 0.4) is 0 Å². The van der Waals surface area contributed by atoms with Crippen molar-refractivity contribution in [1.82, 2.24) is 0 Å². The SMILES string of the molecule is CCC(N)Cc1cccc(OCCC(C)(C)C)c1. The minimum Gasteiger partial charge on any atom is -0.494 e. The molecular formula is C16H27NO. The molecule has 0 aliphatic heterocycles. The standard InChI is InChI=1S/C16H27NO/c1-5-14(17)11-13-7-6-8-15(12-13)18-10-9-16(2,3)4/h6-8,12,14H,5,9-11,17H2,1-4H3. The number of ether oxygens (including phenoxy) is 1. The van der Waals surface area contributed by atoms with Gasteiger partial charge in [0.25, 0.3) is 0 Å². The first-order valence-corrected chi connectivity index (χ1v) is 6.88. The number of nitrogens with two attached hydrogens (primary N) is 1. The Bertz CT molecular complexity index is 354. The number of hydrogen-bond acceptors (Lipinski definition) is 2. The minimum atomic E-state index is 0.245. The molecule has 0 radical (unpaired) electrons. The lowest BCUT2D eigenvalue weighted by Gasteiger charge is -2.18. The molecular weight excluding hydrogens is 222 g/mol. The van der Waals surface area contributed by atoms with Crippen LogP contribution >= 0.6 is 0 Å². The normalized spacial score (nSPS) is 13.4. The Morgan fingerprint density at radius 3 is 2.61 bits per heavy atom. The van der Waals surface area contributed by atoms with Gasteiger partial charge in [-0.05, 0) is 42.4 Å². The Hall–Kier alpha value is -1.02. The maximum absolute atomic E-state index is 5.97. The largest absolute Gasteiger partial charge is 0.494 e. The zero-order chi connectivity index (χ0) is 13.6. The van der Waals surface area contributed by atoms with Gasteiger partial charge in [-0.15, -0.1) is 0 Å². The van der Waals surface area contributed by atoms with Crippen molar-refractivity contribution in [3.63, 3.8) is 0 Å². The van der Waals surface area contributed by atoms with Crippen molar-refractivity contribution in [3.05, 3.63) is 29.8 Å². The summed E-state index contributed by atoms with van der Waals surface area (Å²) in [5.74, 6) is 0.958. The van der Waals surface area contributed by atoms with Crippen molar-refractivity contribution in [1.29, 1.82) is 0 Å². The van der Waals surface area contributed by atoms with Gasteiger partial charge in [0.05, 0.1) is 6.61 Å². The lowest BCUT2D eigenvalue weighted by atomic mass is 9.93. The van der Waals surface area contributed by atoms with Crippen molar-refractivity contribution >= 4 is 0 Å². The highest BCUT2D eigenvalue weighted by atomic mass is 16.5. The van der Waals surface area contributed by atoms with Crippen molar-refractivity contribution in [2.24, 2.45) is 11.1 Å². The topological polar surface area (TPSA) is 35.2 Å². The highest BCUT2D eigenvalue weighted by Crippen LogP contribution is 2.20. The van der Waals surface area contributed by atoms with Crippen LogP contribution in [0.5, 0.6) is 5.75 Å². The Balaban J connectivity index is 2.49. The van der Waals surface area contributed by atoms with Crippen LogP contribution < -0.4 is 10.5 Å². The summed E-state index contributed by atoms with van der Waals surface area (Å²) < 4.78 is 5.80. The van der Waals surface area contributed by atoms with Crippen LogP contribution in [-0.2, 0) is 6.42 Å². The van der Waals surface area contributed by atoms with E-state index in [2.05, 4.69) is 39.8 Å². The first kappa shape index (κ1) is 15.0. The minimum absolute atomic E-state index is 0.245. The van der Waals surface area contributed by atoms with Gasteiger partial charge in [-0.2, -0.15) is 0 Å². The van der Waals surface area contributed by atoms with E-state index < -0.39 is 0 Å². The van der Waals surface area contributed by atoms with E-state index in [1.807, 2.05) is 12.1 Å². The summed E-state index contributed by atoms with van der Waals surface area (Å²) in [6.07, 6.45) is 2.99. The molecule has 1 unspecified atom stereocenters. The molecule has 0 aliphatic rings. The number of benzene rings is 1. The highest BCUT2D eigenvalue weighted by Gasteiger charge is 2.10. The quantitative estimate of drug-likeness (QED) is 0.832. The molecule has 0 fully saturated rings. The Labute approximate surface area is 112 Å². The maximum atomic E-state index is 5.97. The summed E-state index contributed by atoms with van der Waals surface area (Å²) in [6.45, 7) is 9.58. The summed E-state index contributed by atoms with van der Waals surface area (Å²) in [4.78, 5) is 0. The van der Waals surface area contributed by atoms with Crippen LogP contribution in [0.4, 0.5) is 0 Å². The molecule has 0 saturated heterocycles. The molecule has 2 N–H and O–H groups in total. The molecule has 1 atom stereocenters.